The van der Waals surface area contributed by atoms with Crippen LogP contribution in [0.2, 0.25) is 0 Å². The van der Waals surface area contributed by atoms with Gasteiger partial charge < -0.3 is 10.3 Å². The van der Waals surface area contributed by atoms with E-state index in [0.29, 0.717) is 6.54 Å². The van der Waals surface area contributed by atoms with Crippen molar-refractivity contribution < 1.29 is 0 Å². The third-order valence-corrected chi connectivity index (χ3v) is 1.95. The van der Waals surface area contributed by atoms with Gasteiger partial charge in [0.2, 0.25) is 0 Å². The van der Waals surface area contributed by atoms with Crippen LogP contribution in [-0.4, -0.2) is 19.9 Å². The molecule has 2 heterocycles. The Balaban J connectivity index is 1.99. The Labute approximate surface area is 81.6 Å². The summed E-state index contributed by atoms with van der Waals surface area (Å²) in [6.45, 7) is 2.67. The standard InChI is InChI=1S/C9H11N5/c1-7-9(14-6-13-7)4-12-8-2-10-5-11-3-8/h2-3,5-6,12H,4H2,1H3,(H,13,14). The second-order valence-electron chi connectivity index (χ2n) is 2.95. The molecule has 0 amide bonds. The molecule has 0 radical (unpaired) electrons. The summed E-state index contributed by atoms with van der Waals surface area (Å²) in [6, 6.07) is 0. The van der Waals surface area contributed by atoms with Gasteiger partial charge in [-0.1, -0.05) is 0 Å². The predicted octanol–water partition coefficient (Wildman–Crippen LogP) is 1.12. The van der Waals surface area contributed by atoms with Gasteiger partial charge in [0.05, 0.1) is 36.6 Å². The van der Waals surface area contributed by atoms with Crippen molar-refractivity contribution in [3.63, 3.8) is 0 Å². The normalized spacial score (nSPS) is 10.1. The monoisotopic (exact) mass is 189 g/mol. The van der Waals surface area contributed by atoms with Gasteiger partial charge in [-0.2, -0.15) is 0 Å². The van der Waals surface area contributed by atoms with Gasteiger partial charge in [0, 0.05) is 5.69 Å². The number of rotatable bonds is 3. The summed E-state index contributed by atoms with van der Waals surface area (Å²) in [5, 5.41) is 3.18. The van der Waals surface area contributed by atoms with E-state index in [4.69, 9.17) is 0 Å². The fourth-order valence-electron chi connectivity index (χ4n) is 1.14. The summed E-state index contributed by atoms with van der Waals surface area (Å²) in [4.78, 5) is 15.0. The van der Waals surface area contributed by atoms with Crippen LogP contribution in [0.15, 0.2) is 25.0 Å². The van der Waals surface area contributed by atoms with Gasteiger partial charge in [0.1, 0.15) is 6.33 Å². The van der Waals surface area contributed by atoms with Crippen LogP contribution in [0.4, 0.5) is 5.69 Å². The lowest BCUT2D eigenvalue weighted by Crippen LogP contribution is -2.01. The molecule has 0 bridgehead atoms. The number of hydrogen-bond donors (Lipinski definition) is 2. The van der Waals surface area contributed by atoms with Crippen molar-refractivity contribution in [3.8, 4) is 0 Å². The molecule has 2 N–H and O–H groups in total. The highest BCUT2D eigenvalue weighted by molar-refractivity contribution is 5.37. The average Bonchev–Trinajstić information content (AvgIpc) is 2.63. The highest BCUT2D eigenvalue weighted by atomic mass is 15.0. The van der Waals surface area contributed by atoms with E-state index in [9.17, 15) is 0 Å². The molecule has 0 unspecified atom stereocenters. The molecule has 0 aliphatic heterocycles. The van der Waals surface area contributed by atoms with Crippen LogP contribution < -0.4 is 5.32 Å². The highest BCUT2D eigenvalue weighted by Gasteiger charge is 1.99. The molecule has 0 fully saturated rings. The van der Waals surface area contributed by atoms with Gasteiger partial charge in [-0.05, 0) is 6.92 Å². The van der Waals surface area contributed by atoms with Gasteiger partial charge in [-0.15, -0.1) is 0 Å². The van der Waals surface area contributed by atoms with Crippen molar-refractivity contribution in [3.05, 3.63) is 36.4 Å². The number of aromatic amines is 1. The number of aromatic nitrogens is 4. The second-order valence-corrected chi connectivity index (χ2v) is 2.95. The first-order valence-electron chi connectivity index (χ1n) is 4.34. The molecule has 2 aromatic rings. The third kappa shape index (κ3) is 1.87. The number of aryl methyl sites for hydroxylation is 1. The van der Waals surface area contributed by atoms with Crippen molar-refractivity contribution in [1.82, 2.24) is 19.9 Å². The summed E-state index contributed by atoms with van der Waals surface area (Å²) < 4.78 is 0. The minimum Gasteiger partial charge on any atom is -0.377 e. The second kappa shape index (κ2) is 3.87. The molecule has 2 rings (SSSR count). The SMILES string of the molecule is Cc1[nH]cnc1CNc1cncnc1. The van der Waals surface area contributed by atoms with Crippen LogP contribution >= 0.6 is 0 Å². The molecule has 5 heteroatoms. The Morgan fingerprint density at radius 1 is 1.36 bits per heavy atom. The van der Waals surface area contributed by atoms with Crippen molar-refractivity contribution in [2.24, 2.45) is 0 Å². The molecule has 0 spiro atoms. The fourth-order valence-corrected chi connectivity index (χ4v) is 1.14. The first-order chi connectivity index (χ1) is 6.86. The zero-order valence-corrected chi connectivity index (χ0v) is 7.86. The Hall–Kier alpha value is -1.91. The molecule has 0 aromatic carbocycles. The van der Waals surface area contributed by atoms with Crippen LogP contribution in [0, 0.1) is 6.92 Å². The number of nitrogens with zero attached hydrogens (tertiary/aromatic N) is 3. The molecule has 0 saturated heterocycles. The van der Waals surface area contributed by atoms with Crippen LogP contribution in [0.1, 0.15) is 11.4 Å². The topological polar surface area (TPSA) is 66.5 Å². The van der Waals surface area contributed by atoms with E-state index in [1.165, 1.54) is 6.33 Å². The van der Waals surface area contributed by atoms with Gasteiger partial charge >= 0.3 is 0 Å². The first-order valence-corrected chi connectivity index (χ1v) is 4.34. The molecule has 0 saturated carbocycles. The minimum atomic E-state index is 0.683. The van der Waals surface area contributed by atoms with Crippen LogP contribution in [0.25, 0.3) is 0 Å². The van der Waals surface area contributed by atoms with Crippen molar-refractivity contribution in [1.29, 1.82) is 0 Å². The summed E-state index contributed by atoms with van der Waals surface area (Å²) in [7, 11) is 0. The largest absolute Gasteiger partial charge is 0.377 e. The van der Waals surface area contributed by atoms with E-state index in [0.717, 1.165) is 17.1 Å². The summed E-state index contributed by atoms with van der Waals surface area (Å²) in [5.41, 5.74) is 2.98. The molecule has 0 aliphatic carbocycles. The Morgan fingerprint density at radius 2 is 2.14 bits per heavy atom. The lowest BCUT2D eigenvalue weighted by atomic mass is 10.3. The maximum absolute atomic E-state index is 4.17. The van der Waals surface area contributed by atoms with E-state index >= 15 is 0 Å². The number of imidazole rings is 1. The summed E-state index contributed by atoms with van der Waals surface area (Å²) >= 11 is 0. The maximum atomic E-state index is 4.17. The quantitative estimate of drug-likeness (QED) is 0.759. The van der Waals surface area contributed by atoms with Crippen LogP contribution in [-0.2, 0) is 6.54 Å². The van der Waals surface area contributed by atoms with Gasteiger partial charge in [-0.25, -0.2) is 15.0 Å². The van der Waals surface area contributed by atoms with Gasteiger partial charge in [0.25, 0.3) is 0 Å². The van der Waals surface area contributed by atoms with Crippen LogP contribution in [0.5, 0.6) is 0 Å². The number of H-pyrrole nitrogens is 1. The molecule has 0 aliphatic rings. The Bertz CT molecular complexity index is 395. The van der Waals surface area contributed by atoms with Crippen molar-refractivity contribution in [2.75, 3.05) is 5.32 Å². The molecular weight excluding hydrogens is 178 g/mol. The van der Waals surface area contributed by atoms with E-state index < -0.39 is 0 Å². The molecule has 2 aromatic heterocycles. The fraction of sp³-hybridized carbons (Fsp3) is 0.222. The zero-order chi connectivity index (χ0) is 9.80. The molecular formula is C9H11N5. The van der Waals surface area contributed by atoms with Gasteiger partial charge in [-0.3, -0.25) is 0 Å². The molecule has 5 nitrogen and oxygen atoms in total. The van der Waals surface area contributed by atoms with Crippen molar-refractivity contribution in [2.45, 2.75) is 13.5 Å². The predicted molar refractivity (Wildman–Crippen MR) is 52.7 cm³/mol. The zero-order valence-electron chi connectivity index (χ0n) is 7.86. The maximum Gasteiger partial charge on any atom is 0.115 e. The lowest BCUT2D eigenvalue weighted by molar-refractivity contribution is 1.03. The van der Waals surface area contributed by atoms with Crippen LogP contribution in [0.3, 0.4) is 0 Å². The van der Waals surface area contributed by atoms with E-state index in [1.807, 2.05) is 6.92 Å². The van der Waals surface area contributed by atoms with Crippen molar-refractivity contribution >= 4 is 5.69 Å². The van der Waals surface area contributed by atoms with E-state index in [-0.39, 0.29) is 0 Å². The molecule has 0 atom stereocenters. The summed E-state index contributed by atoms with van der Waals surface area (Å²) in [6.07, 6.45) is 6.66. The minimum absolute atomic E-state index is 0.683. The number of hydrogen-bond acceptors (Lipinski definition) is 4. The number of anilines is 1. The van der Waals surface area contributed by atoms with Gasteiger partial charge in [0.15, 0.2) is 0 Å². The lowest BCUT2D eigenvalue weighted by Gasteiger charge is -2.02. The molecule has 14 heavy (non-hydrogen) atoms. The Kier molecular flexibility index (Phi) is 2.40. The van der Waals surface area contributed by atoms with E-state index in [2.05, 4.69) is 25.3 Å². The average molecular weight is 189 g/mol. The third-order valence-electron chi connectivity index (χ3n) is 1.95. The number of nitrogens with one attached hydrogen (secondary N) is 2. The highest BCUT2D eigenvalue weighted by Crippen LogP contribution is 2.05. The Morgan fingerprint density at radius 3 is 2.79 bits per heavy atom. The van der Waals surface area contributed by atoms with E-state index in [1.54, 1.807) is 18.7 Å². The smallest absolute Gasteiger partial charge is 0.115 e. The summed E-state index contributed by atoms with van der Waals surface area (Å²) in [5.74, 6) is 0. The molecule has 72 valence electrons. The first kappa shape index (κ1) is 8.68.